The summed E-state index contributed by atoms with van der Waals surface area (Å²) in [4.78, 5) is 0. The summed E-state index contributed by atoms with van der Waals surface area (Å²) < 4.78 is 0. The molecule has 0 heteroatoms. The maximum Gasteiger partial charge on any atom is -0.0143 e. The molecule has 150 valence electrons. The van der Waals surface area contributed by atoms with Gasteiger partial charge in [-0.15, -0.1) is 0 Å². The van der Waals surface area contributed by atoms with Crippen LogP contribution in [0.2, 0.25) is 0 Å². The summed E-state index contributed by atoms with van der Waals surface area (Å²) in [5.74, 6) is 0. The van der Waals surface area contributed by atoms with Gasteiger partial charge in [-0.2, -0.15) is 0 Å². The molecule has 0 aliphatic heterocycles. The third-order valence-corrected chi connectivity index (χ3v) is 6.14. The van der Waals surface area contributed by atoms with E-state index in [0.29, 0.717) is 0 Å². The van der Waals surface area contributed by atoms with E-state index in [2.05, 4.69) is 62.4 Å². The number of rotatable bonds is 12. The van der Waals surface area contributed by atoms with Crippen molar-refractivity contribution in [2.75, 3.05) is 0 Å². The van der Waals surface area contributed by atoms with E-state index in [-0.39, 0.29) is 0 Å². The normalized spacial score (nSPS) is 11.5. The van der Waals surface area contributed by atoms with Crippen LogP contribution in [0.15, 0.2) is 48.5 Å². The number of hydrogen-bond acceptors (Lipinski definition) is 0. The van der Waals surface area contributed by atoms with E-state index in [9.17, 15) is 0 Å². The highest BCUT2D eigenvalue weighted by atomic mass is 14.1. The van der Waals surface area contributed by atoms with Gasteiger partial charge in [-0.25, -0.2) is 0 Å². The molecule has 0 saturated carbocycles. The lowest BCUT2D eigenvalue weighted by molar-refractivity contribution is 0.632. The zero-order chi connectivity index (χ0) is 19.6. The SMILES string of the molecule is CCCCCCCc1ccc2cc3ccccc3c(CCCCCCC)c2c1. The molecule has 0 heterocycles. The van der Waals surface area contributed by atoms with Gasteiger partial charge >= 0.3 is 0 Å². The highest BCUT2D eigenvalue weighted by molar-refractivity contribution is 6.02. The lowest BCUT2D eigenvalue weighted by atomic mass is 9.91. The first-order chi connectivity index (χ1) is 13.8. The summed E-state index contributed by atoms with van der Waals surface area (Å²) in [6.07, 6.45) is 16.0. The molecule has 0 unspecified atom stereocenters. The molecule has 0 saturated heterocycles. The van der Waals surface area contributed by atoms with Crippen LogP contribution >= 0.6 is 0 Å². The average Bonchev–Trinajstić information content (AvgIpc) is 2.73. The zero-order valence-corrected chi connectivity index (χ0v) is 18.1. The van der Waals surface area contributed by atoms with Gasteiger partial charge in [-0.3, -0.25) is 0 Å². The van der Waals surface area contributed by atoms with Crippen molar-refractivity contribution >= 4 is 21.5 Å². The Morgan fingerprint density at radius 1 is 0.536 bits per heavy atom. The first-order valence-electron chi connectivity index (χ1n) is 11.8. The number of hydrogen-bond donors (Lipinski definition) is 0. The Morgan fingerprint density at radius 2 is 1.18 bits per heavy atom. The van der Waals surface area contributed by atoms with Crippen LogP contribution in [0.4, 0.5) is 0 Å². The van der Waals surface area contributed by atoms with Crippen LogP contribution in [0.1, 0.15) is 89.2 Å². The van der Waals surface area contributed by atoms with E-state index < -0.39 is 0 Å². The van der Waals surface area contributed by atoms with Gasteiger partial charge in [0.2, 0.25) is 0 Å². The van der Waals surface area contributed by atoms with Crippen molar-refractivity contribution in [1.82, 2.24) is 0 Å². The van der Waals surface area contributed by atoms with Crippen molar-refractivity contribution in [3.05, 3.63) is 59.7 Å². The smallest absolute Gasteiger partial charge is 0.0143 e. The molecule has 3 aromatic rings. The number of benzene rings is 3. The van der Waals surface area contributed by atoms with E-state index in [4.69, 9.17) is 0 Å². The highest BCUT2D eigenvalue weighted by Crippen LogP contribution is 2.31. The maximum atomic E-state index is 2.50. The zero-order valence-electron chi connectivity index (χ0n) is 18.1. The van der Waals surface area contributed by atoms with Crippen LogP contribution in [0.3, 0.4) is 0 Å². The van der Waals surface area contributed by atoms with Crippen LogP contribution in [0, 0.1) is 0 Å². The van der Waals surface area contributed by atoms with Gasteiger partial charge in [-0.1, -0.05) is 108 Å². The van der Waals surface area contributed by atoms with Crippen LogP contribution in [-0.4, -0.2) is 0 Å². The first-order valence-corrected chi connectivity index (χ1v) is 11.8. The molecule has 0 aliphatic rings. The minimum Gasteiger partial charge on any atom is -0.0654 e. The molecule has 3 rings (SSSR count). The van der Waals surface area contributed by atoms with Gasteiger partial charge in [0.25, 0.3) is 0 Å². The Balaban J connectivity index is 1.82. The molecule has 0 fully saturated rings. The van der Waals surface area contributed by atoms with Crippen molar-refractivity contribution in [2.45, 2.75) is 90.9 Å². The molecule has 0 atom stereocenters. The lowest BCUT2D eigenvalue weighted by Crippen LogP contribution is -1.93. The molecule has 0 bridgehead atoms. The van der Waals surface area contributed by atoms with Gasteiger partial charge in [0.1, 0.15) is 0 Å². The van der Waals surface area contributed by atoms with Crippen LogP contribution in [-0.2, 0) is 12.8 Å². The monoisotopic (exact) mass is 374 g/mol. The summed E-state index contributed by atoms with van der Waals surface area (Å²) in [5, 5.41) is 5.77. The van der Waals surface area contributed by atoms with E-state index in [1.54, 1.807) is 5.56 Å². The molecule has 0 radical (unpaired) electrons. The molecule has 0 aliphatic carbocycles. The van der Waals surface area contributed by atoms with Gasteiger partial charge in [0, 0.05) is 0 Å². The topological polar surface area (TPSA) is 0 Å². The van der Waals surface area contributed by atoms with Crippen molar-refractivity contribution in [3.8, 4) is 0 Å². The Bertz CT molecular complexity index is 858. The standard InChI is InChI=1S/C28H38/c1-3-5-7-9-11-15-23-19-20-25-22-24-16-13-14-17-26(24)27(28(25)21-23)18-12-10-8-6-4-2/h13-14,16-17,19-22H,3-12,15,18H2,1-2H3. The van der Waals surface area contributed by atoms with Gasteiger partial charge < -0.3 is 0 Å². The third-order valence-electron chi connectivity index (χ3n) is 6.14. The molecule has 28 heavy (non-hydrogen) atoms. The van der Waals surface area contributed by atoms with Gasteiger partial charge in [0.05, 0.1) is 0 Å². The summed E-state index contributed by atoms with van der Waals surface area (Å²) in [7, 11) is 0. The minimum atomic E-state index is 1.21. The number of unbranched alkanes of at least 4 members (excludes halogenated alkanes) is 8. The minimum absolute atomic E-state index is 1.21. The number of aryl methyl sites for hydroxylation is 2. The Labute approximate surface area is 172 Å². The Kier molecular flexibility index (Phi) is 8.40. The predicted molar refractivity (Wildman–Crippen MR) is 126 cm³/mol. The van der Waals surface area contributed by atoms with Crippen LogP contribution < -0.4 is 0 Å². The second kappa shape index (κ2) is 11.2. The first kappa shape index (κ1) is 20.9. The maximum absolute atomic E-state index is 2.50. The molecule has 0 N–H and O–H groups in total. The summed E-state index contributed by atoms with van der Waals surface area (Å²) in [6, 6.07) is 18.6. The second-order valence-corrected chi connectivity index (χ2v) is 8.46. The Hall–Kier alpha value is -1.82. The van der Waals surface area contributed by atoms with E-state index in [0.717, 1.165) is 0 Å². The molecular formula is C28H38. The fourth-order valence-corrected chi connectivity index (χ4v) is 4.46. The predicted octanol–water partition coefficient (Wildman–Crippen LogP) is 9.02. The molecule has 0 aromatic heterocycles. The molecule has 0 spiro atoms. The van der Waals surface area contributed by atoms with Crippen LogP contribution in [0.25, 0.3) is 21.5 Å². The average molecular weight is 375 g/mol. The summed E-state index contributed by atoms with van der Waals surface area (Å²) in [5.41, 5.74) is 3.10. The van der Waals surface area contributed by atoms with Crippen molar-refractivity contribution in [3.63, 3.8) is 0 Å². The van der Waals surface area contributed by atoms with E-state index >= 15 is 0 Å². The fourth-order valence-electron chi connectivity index (χ4n) is 4.46. The largest absolute Gasteiger partial charge is 0.0654 e. The second-order valence-electron chi connectivity index (χ2n) is 8.46. The molecule has 0 amide bonds. The van der Waals surface area contributed by atoms with E-state index in [1.165, 1.54) is 104 Å². The molecule has 0 nitrogen and oxygen atoms in total. The van der Waals surface area contributed by atoms with Gasteiger partial charge in [0.15, 0.2) is 0 Å². The van der Waals surface area contributed by atoms with Crippen molar-refractivity contribution < 1.29 is 0 Å². The third kappa shape index (κ3) is 5.60. The Morgan fingerprint density at radius 3 is 1.93 bits per heavy atom. The molecular weight excluding hydrogens is 336 g/mol. The quantitative estimate of drug-likeness (QED) is 0.219. The van der Waals surface area contributed by atoms with E-state index in [1.807, 2.05) is 0 Å². The molecule has 3 aromatic carbocycles. The summed E-state index contributed by atoms with van der Waals surface area (Å²) >= 11 is 0. The summed E-state index contributed by atoms with van der Waals surface area (Å²) in [6.45, 7) is 4.58. The van der Waals surface area contributed by atoms with Crippen LogP contribution in [0.5, 0.6) is 0 Å². The van der Waals surface area contributed by atoms with Crippen molar-refractivity contribution in [1.29, 1.82) is 0 Å². The van der Waals surface area contributed by atoms with Crippen molar-refractivity contribution in [2.24, 2.45) is 0 Å². The van der Waals surface area contributed by atoms with Gasteiger partial charge in [-0.05, 0) is 64.4 Å². The highest BCUT2D eigenvalue weighted by Gasteiger charge is 2.08. The fraction of sp³-hybridized carbons (Fsp3) is 0.500. The lowest BCUT2D eigenvalue weighted by Gasteiger charge is -2.13. The number of fused-ring (bicyclic) bond motifs is 2.